The first kappa shape index (κ1) is 16.5. The smallest absolute Gasteiger partial charge is 0.323 e. The summed E-state index contributed by atoms with van der Waals surface area (Å²) in [5, 5.41) is 8.90. The van der Waals surface area contributed by atoms with Crippen molar-refractivity contribution in [1.82, 2.24) is 4.90 Å². The summed E-state index contributed by atoms with van der Waals surface area (Å²) < 4.78 is 0. The molecule has 0 aromatic carbocycles. The number of hydrogen-bond donors (Lipinski definition) is 2. The Morgan fingerprint density at radius 3 is 2.55 bits per heavy atom. The van der Waals surface area contributed by atoms with Crippen LogP contribution in [0, 0.1) is 29.6 Å². The molecule has 1 amide bonds. The standard InChI is InChI=1S/C15H24N2O3/c1-5-8-17(9-13(18)19)14(20)11-6-7-12(16)10(2)15(11,3)4/h1,10-12H,6-9,16H2,2-4H3,(H,18,19). The summed E-state index contributed by atoms with van der Waals surface area (Å²) in [7, 11) is 0. The zero-order valence-electron chi connectivity index (χ0n) is 12.4. The summed E-state index contributed by atoms with van der Waals surface area (Å²) in [6, 6.07) is 0.0783. The zero-order chi connectivity index (χ0) is 15.5. The van der Waals surface area contributed by atoms with E-state index in [0.29, 0.717) is 6.42 Å². The lowest BCUT2D eigenvalue weighted by atomic mass is 9.60. The van der Waals surface area contributed by atoms with Crippen LogP contribution in [0.3, 0.4) is 0 Å². The molecule has 1 aliphatic carbocycles. The largest absolute Gasteiger partial charge is 0.480 e. The first-order valence-electron chi connectivity index (χ1n) is 6.91. The van der Waals surface area contributed by atoms with Crippen LogP contribution in [0.1, 0.15) is 33.6 Å². The van der Waals surface area contributed by atoms with Gasteiger partial charge in [0.25, 0.3) is 0 Å². The third-order valence-corrected chi connectivity index (χ3v) is 4.72. The van der Waals surface area contributed by atoms with Crippen LogP contribution in [0.4, 0.5) is 0 Å². The number of carboxylic acid groups (broad SMARTS) is 1. The van der Waals surface area contributed by atoms with E-state index in [9.17, 15) is 9.59 Å². The number of terminal acetylenes is 1. The molecule has 0 spiro atoms. The molecule has 0 aromatic rings. The summed E-state index contributed by atoms with van der Waals surface area (Å²) in [5.41, 5.74) is 5.82. The number of rotatable bonds is 4. The van der Waals surface area contributed by atoms with E-state index in [-0.39, 0.29) is 42.3 Å². The quantitative estimate of drug-likeness (QED) is 0.750. The number of nitrogens with two attached hydrogens (primary N) is 1. The molecule has 0 bridgehead atoms. The maximum atomic E-state index is 12.6. The summed E-state index contributed by atoms with van der Waals surface area (Å²) in [4.78, 5) is 24.7. The maximum absolute atomic E-state index is 12.6. The van der Waals surface area contributed by atoms with Gasteiger partial charge < -0.3 is 15.7 Å². The number of carbonyl (C=O) groups is 2. The number of nitrogens with zero attached hydrogens (tertiary/aromatic N) is 1. The molecule has 1 aliphatic rings. The van der Waals surface area contributed by atoms with Crippen molar-refractivity contribution < 1.29 is 14.7 Å². The number of aliphatic carboxylic acids is 1. The van der Waals surface area contributed by atoms with Crippen LogP contribution < -0.4 is 5.73 Å². The molecule has 0 saturated heterocycles. The molecule has 1 rings (SSSR count). The van der Waals surface area contributed by atoms with Gasteiger partial charge in [-0.15, -0.1) is 6.42 Å². The molecule has 3 atom stereocenters. The third kappa shape index (κ3) is 3.31. The molecule has 3 unspecified atom stereocenters. The van der Waals surface area contributed by atoms with E-state index >= 15 is 0 Å². The van der Waals surface area contributed by atoms with E-state index in [1.54, 1.807) is 0 Å². The number of hydrogen-bond acceptors (Lipinski definition) is 3. The van der Waals surface area contributed by atoms with Gasteiger partial charge in [-0.25, -0.2) is 0 Å². The summed E-state index contributed by atoms with van der Waals surface area (Å²) in [5.74, 6) is 1.10. The minimum atomic E-state index is -1.05. The van der Waals surface area contributed by atoms with Crippen molar-refractivity contribution >= 4 is 11.9 Å². The second kappa shape index (κ2) is 6.27. The molecule has 1 fully saturated rings. The van der Waals surface area contributed by atoms with Crippen molar-refractivity contribution in [3.8, 4) is 12.3 Å². The van der Waals surface area contributed by atoms with Gasteiger partial charge in [-0.3, -0.25) is 9.59 Å². The van der Waals surface area contributed by atoms with Crippen LogP contribution in [-0.4, -0.2) is 41.0 Å². The van der Waals surface area contributed by atoms with Crippen molar-refractivity contribution in [2.45, 2.75) is 39.7 Å². The molecule has 0 aliphatic heterocycles. The Bertz CT molecular complexity index is 425. The lowest BCUT2D eigenvalue weighted by Crippen LogP contribution is -2.53. The van der Waals surface area contributed by atoms with Crippen molar-refractivity contribution in [3.05, 3.63) is 0 Å². The molecule has 5 heteroatoms. The molecule has 0 aromatic heterocycles. The first-order chi connectivity index (χ1) is 9.21. The highest BCUT2D eigenvalue weighted by atomic mass is 16.4. The van der Waals surface area contributed by atoms with Gasteiger partial charge in [-0.1, -0.05) is 26.7 Å². The van der Waals surface area contributed by atoms with Crippen molar-refractivity contribution in [3.63, 3.8) is 0 Å². The van der Waals surface area contributed by atoms with Crippen molar-refractivity contribution in [2.75, 3.05) is 13.1 Å². The van der Waals surface area contributed by atoms with Gasteiger partial charge in [-0.05, 0) is 24.2 Å². The predicted octanol–water partition coefficient (Wildman–Crippen LogP) is 0.932. The Hall–Kier alpha value is -1.54. The topological polar surface area (TPSA) is 83.6 Å². The molecule has 20 heavy (non-hydrogen) atoms. The maximum Gasteiger partial charge on any atom is 0.323 e. The lowest BCUT2D eigenvalue weighted by molar-refractivity contribution is -0.150. The SMILES string of the molecule is C#CCN(CC(=O)O)C(=O)C1CCC(N)C(C)C1(C)C. The second-order valence-electron chi connectivity index (χ2n) is 6.20. The van der Waals surface area contributed by atoms with Crippen LogP contribution in [-0.2, 0) is 9.59 Å². The Kier molecular flexibility index (Phi) is 5.18. The highest BCUT2D eigenvalue weighted by Gasteiger charge is 2.46. The molecule has 0 heterocycles. The van der Waals surface area contributed by atoms with Gasteiger partial charge in [0.2, 0.25) is 5.91 Å². The van der Waals surface area contributed by atoms with E-state index < -0.39 is 5.97 Å². The van der Waals surface area contributed by atoms with E-state index in [2.05, 4.69) is 5.92 Å². The van der Waals surface area contributed by atoms with E-state index in [1.165, 1.54) is 4.90 Å². The fraction of sp³-hybridized carbons (Fsp3) is 0.733. The molecular formula is C15H24N2O3. The molecular weight excluding hydrogens is 256 g/mol. The zero-order valence-corrected chi connectivity index (χ0v) is 12.4. The van der Waals surface area contributed by atoms with Crippen molar-refractivity contribution in [1.29, 1.82) is 0 Å². The fourth-order valence-corrected chi connectivity index (χ4v) is 3.00. The van der Waals surface area contributed by atoms with Crippen LogP contribution in [0.2, 0.25) is 0 Å². The first-order valence-corrected chi connectivity index (χ1v) is 6.91. The van der Waals surface area contributed by atoms with Gasteiger partial charge >= 0.3 is 5.97 Å². The van der Waals surface area contributed by atoms with Crippen molar-refractivity contribution in [2.24, 2.45) is 23.0 Å². The number of carbonyl (C=O) groups excluding carboxylic acids is 1. The Morgan fingerprint density at radius 1 is 1.45 bits per heavy atom. The third-order valence-electron chi connectivity index (χ3n) is 4.72. The second-order valence-corrected chi connectivity index (χ2v) is 6.20. The number of carboxylic acids is 1. The monoisotopic (exact) mass is 280 g/mol. The number of amides is 1. The Balaban J connectivity index is 2.93. The van der Waals surface area contributed by atoms with E-state index in [4.69, 9.17) is 17.3 Å². The van der Waals surface area contributed by atoms with E-state index in [0.717, 1.165) is 6.42 Å². The van der Waals surface area contributed by atoms with Crippen LogP contribution in [0.15, 0.2) is 0 Å². The van der Waals surface area contributed by atoms with Crippen LogP contribution in [0.5, 0.6) is 0 Å². The summed E-state index contributed by atoms with van der Waals surface area (Å²) in [6.07, 6.45) is 6.69. The van der Waals surface area contributed by atoms with E-state index in [1.807, 2.05) is 20.8 Å². The normalized spacial score (nSPS) is 28.4. The molecule has 112 valence electrons. The van der Waals surface area contributed by atoms with Gasteiger partial charge in [0, 0.05) is 12.0 Å². The van der Waals surface area contributed by atoms with Gasteiger partial charge in [0.1, 0.15) is 6.54 Å². The molecule has 3 N–H and O–H groups in total. The lowest BCUT2D eigenvalue weighted by Gasteiger charge is -2.47. The fourth-order valence-electron chi connectivity index (χ4n) is 3.00. The molecule has 5 nitrogen and oxygen atoms in total. The molecule has 1 saturated carbocycles. The van der Waals surface area contributed by atoms with Gasteiger partial charge in [0.15, 0.2) is 0 Å². The minimum Gasteiger partial charge on any atom is -0.480 e. The summed E-state index contributed by atoms with van der Waals surface area (Å²) in [6.45, 7) is 5.77. The van der Waals surface area contributed by atoms with Crippen LogP contribution in [0.25, 0.3) is 0 Å². The van der Waals surface area contributed by atoms with Gasteiger partial charge in [0.05, 0.1) is 6.54 Å². The average Bonchev–Trinajstić information content (AvgIpc) is 2.34. The Labute approximate surface area is 120 Å². The Morgan fingerprint density at radius 2 is 2.05 bits per heavy atom. The summed E-state index contributed by atoms with van der Waals surface area (Å²) >= 11 is 0. The highest BCUT2D eigenvalue weighted by Crippen LogP contribution is 2.45. The average molecular weight is 280 g/mol. The van der Waals surface area contributed by atoms with Crippen LogP contribution >= 0.6 is 0 Å². The highest BCUT2D eigenvalue weighted by molar-refractivity contribution is 5.84. The molecule has 0 radical (unpaired) electrons. The van der Waals surface area contributed by atoms with Gasteiger partial charge in [-0.2, -0.15) is 0 Å². The predicted molar refractivity (Wildman–Crippen MR) is 76.7 cm³/mol. The minimum absolute atomic E-state index is 0.0259.